The highest BCUT2D eigenvalue weighted by Crippen LogP contribution is 2.27. The monoisotopic (exact) mass is 212 g/mol. The van der Waals surface area contributed by atoms with Gasteiger partial charge in [0, 0.05) is 24.8 Å². The highest BCUT2D eigenvalue weighted by Gasteiger charge is 2.24. The van der Waals surface area contributed by atoms with Gasteiger partial charge in [-0.1, -0.05) is 12.8 Å². The molecule has 2 aliphatic rings. The molecule has 0 aromatic carbocycles. The van der Waals surface area contributed by atoms with E-state index in [1.54, 1.807) is 0 Å². The number of nitrogens with zero attached hydrogens (tertiary/aromatic N) is 1. The van der Waals surface area contributed by atoms with Gasteiger partial charge >= 0.3 is 0 Å². The minimum atomic E-state index is 0.595. The quantitative estimate of drug-likeness (QED) is 0.534. The third kappa shape index (κ3) is 2.44. The van der Waals surface area contributed by atoms with Crippen molar-refractivity contribution in [3.05, 3.63) is 0 Å². The van der Waals surface area contributed by atoms with Crippen LogP contribution in [0, 0.1) is 11.3 Å². The van der Waals surface area contributed by atoms with Gasteiger partial charge in [0.1, 0.15) is 0 Å². The standard InChI is InChI=1S/C11H20N2S/c12-11(10-4-1-2-5-10)13-6-3-8-14-9-7-13/h10,12H,1-9H2. The first-order valence-electron chi connectivity index (χ1n) is 5.79. The normalized spacial score (nSPS) is 25.0. The molecule has 0 atom stereocenters. The van der Waals surface area contributed by atoms with Crippen LogP contribution >= 0.6 is 11.8 Å². The van der Waals surface area contributed by atoms with Crippen molar-refractivity contribution in [2.24, 2.45) is 5.92 Å². The maximum atomic E-state index is 8.19. The van der Waals surface area contributed by atoms with Crippen molar-refractivity contribution in [2.45, 2.75) is 32.1 Å². The maximum absolute atomic E-state index is 8.19. The Morgan fingerprint density at radius 3 is 2.64 bits per heavy atom. The van der Waals surface area contributed by atoms with Gasteiger partial charge in [-0.2, -0.15) is 11.8 Å². The molecule has 2 nitrogen and oxygen atoms in total. The zero-order chi connectivity index (χ0) is 9.80. The molecule has 0 spiro atoms. The van der Waals surface area contributed by atoms with E-state index in [2.05, 4.69) is 4.90 Å². The summed E-state index contributed by atoms with van der Waals surface area (Å²) in [6, 6.07) is 0. The van der Waals surface area contributed by atoms with Gasteiger partial charge in [-0.25, -0.2) is 0 Å². The second-order valence-electron chi connectivity index (χ2n) is 4.32. The predicted octanol–water partition coefficient (Wildman–Crippen LogP) is 2.59. The molecular weight excluding hydrogens is 192 g/mol. The number of hydrogen-bond acceptors (Lipinski definition) is 2. The van der Waals surface area contributed by atoms with Crippen molar-refractivity contribution in [1.82, 2.24) is 4.90 Å². The fourth-order valence-corrected chi connectivity index (χ4v) is 3.33. The maximum Gasteiger partial charge on any atom is 0.0989 e. The Balaban J connectivity index is 1.88. The van der Waals surface area contributed by atoms with Crippen LogP contribution in [0.1, 0.15) is 32.1 Å². The predicted molar refractivity (Wildman–Crippen MR) is 63.2 cm³/mol. The molecule has 1 aliphatic heterocycles. The summed E-state index contributed by atoms with van der Waals surface area (Å²) in [6.45, 7) is 2.24. The van der Waals surface area contributed by atoms with Crippen molar-refractivity contribution in [3.8, 4) is 0 Å². The SMILES string of the molecule is N=C(C1CCCC1)N1CCCSCC1. The summed E-state index contributed by atoms with van der Waals surface area (Å²) in [5, 5.41) is 8.19. The van der Waals surface area contributed by atoms with Gasteiger partial charge in [-0.15, -0.1) is 0 Å². The average molecular weight is 212 g/mol. The number of nitrogens with one attached hydrogen (secondary N) is 1. The molecule has 1 heterocycles. The lowest BCUT2D eigenvalue weighted by Gasteiger charge is -2.26. The fourth-order valence-electron chi connectivity index (χ4n) is 2.44. The van der Waals surface area contributed by atoms with Gasteiger partial charge in [0.05, 0.1) is 5.84 Å². The molecule has 80 valence electrons. The molecule has 0 unspecified atom stereocenters. The minimum absolute atomic E-state index is 0.595. The van der Waals surface area contributed by atoms with Gasteiger partial charge in [-0.05, 0) is 25.0 Å². The topological polar surface area (TPSA) is 27.1 Å². The van der Waals surface area contributed by atoms with Crippen molar-refractivity contribution in [3.63, 3.8) is 0 Å². The summed E-state index contributed by atoms with van der Waals surface area (Å²) >= 11 is 2.04. The van der Waals surface area contributed by atoms with Gasteiger partial charge in [-0.3, -0.25) is 5.41 Å². The fraction of sp³-hybridized carbons (Fsp3) is 0.909. The lowest BCUT2D eigenvalue weighted by Crippen LogP contribution is -2.36. The van der Waals surface area contributed by atoms with Crippen LogP contribution in [0.3, 0.4) is 0 Å². The van der Waals surface area contributed by atoms with Gasteiger partial charge in [0.25, 0.3) is 0 Å². The van der Waals surface area contributed by atoms with Crippen LogP contribution in [0.4, 0.5) is 0 Å². The van der Waals surface area contributed by atoms with E-state index >= 15 is 0 Å². The molecule has 0 radical (unpaired) electrons. The van der Waals surface area contributed by atoms with Crippen LogP contribution < -0.4 is 0 Å². The highest BCUT2D eigenvalue weighted by atomic mass is 32.2. The third-order valence-electron chi connectivity index (χ3n) is 3.30. The van der Waals surface area contributed by atoms with E-state index in [-0.39, 0.29) is 0 Å². The first kappa shape index (κ1) is 10.3. The molecule has 0 aromatic heterocycles. The second kappa shape index (κ2) is 5.06. The zero-order valence-corrected chi connectivity index (χ0v) is 9.61. The summed E-state index contributed by atoms with van der Waals surface area (Å²) in [6.07, 6.45) is 6.48. The Morgan fingerprint density at radius 1 is 1.07 bits per heavy atom. The van der Waals surface area contributed by atoms with Crippen LogP contribution in [0.2, 0.25) is 0 Å². The smallest absolute Gasteiger partial charge is 0.0989 e. The lowest BCUT2D eigenvalue weighted by atomic mass is 10.1. The van der Waals surface area contributed by atoms with Gasteiger partial charge in [0.2, 0.25) is 0 Å². The molecule has 1 N–H and O–H groups in total. The van der Waals surface area contributed by atoms with E-state index in [1.165, 1.54) is 43.6 Å². The Labute approximate surface area is 90.9 Å². The highest BCUT2D eigenvalue weighted by molar-refractivity contribution is 7.99. The van der Waals surface area contributed by atoms with Crippen molar-refractivity contribution in [2.75, 3.05) is 24.6 Å². The number of thioether (sulfide) groups is 1. The molecular formula is C11H20N2S. The van der Waals surface area contributed by atoms with Crippen molar-refractivity contribution in [1.29, 1.82) is 5.41 Å². The summed E-state index contributed by atoms with van der Waals surface area (Å²) in [4.78, 5) is 2.33. The van der Waals surface area contributed by atoms with E-state index in [4.69, 9.17) is 5.41 Å². The number of amidine groups is 1. The summed E-state index contributed by atoms with van der Waals surface area (Å²) in [5.41, 5.74) is 0. The number of hydrogen-bond donors (Lipinski definition) is 1. The third-order valence-corrected chi connectivity index (χ3v) is 4.35. The van der Waals surface area contributed by atoms with Crippen LogP contribution in [-0.2, 0) is 0 Å². The Morgan fingerprint density at radius 2 is 1.86 bits per heavy atom. The largest absolute Gasteiger partial charge is 0.359 e. The molecule has 3 heteroatoms. The molecule has 2 fully saturated rings. The van der Waals surface area contributed by atoms with Crippen molar-refractivity contribution >= 4 is 17.6 Å². The molecule has 1 saturated carbocycles. The molecule has 0 amide bonds. The van der Waals surface area contributed by atoms with E-state index in [9.17, 15) is 0 Å². The summed E-state index contributed by atoms with van der Waals surface area (Å²) in [7, 11) is 0. The molecule has 0 bridgehead atoms. The second-order valence-corrected chi connectivity index (χ2v) is 5.54. The molecule has 1 aliphatic carbocycles. The van der Waals surface area contributed by atoms with Gasteiger partial charge < -0.3 is 4.90 Å². The Kier molecular flexibility index (Phi) is 3.74. The molecule has 2 rings (SSSR count). The first-order chi connectivity index (χ1) is 6.88. The zero-order valence-electron chi connectivity index (χ0n) is 8.80. The lowest BCUT2D eigenvalue weighted by molar-refractivity contribution is 0.416. The van der Waals surface area contributed by atoms with E-state index in [1.807, 2.05) is 11.8 Å². The minimum Gasteiger partial charge on any atom is -0.359 e. The van der Waals surface area contributed by atoms with E-state index < -0.39 is 0 Å². The summed E-state index contributed by atoms with van der Waals surface area (Å²) in [5.74, 6) is 4.05. The van der Waals surface area contributed by atoms with Crippen molar-refractivity contribution < 1.29 is 0 Å². The van der Waals surface area contributed by atoms with Crippen LogP contribution in [0.15, 0.2) is 0 Å². The van der Waals surface area contributed by atoms with Crippen LogP contribution in [0.5, 0.6) is 0 Å². The summed E-state index contributed by atoms with van der Waals surface area (Å²) < 4.78 is 0. The van der Waals surface area contributed by atoms with E-state index in [0.717, 1.165) is 18.9 Å². The molecule has 1 saturated heterocycles. The molecule has 0 aromatic rings. The first-order valence-corrected chi connectivity index (χ1v) is 6.94. The van der Waals surface area contributed by atoms with Gasteiger partial charge in [0.15, 0.2) is 0 Å². The average Bonchev–Trinajstić information content (AvgIpc) is 2.59. The van der Waals surface area contributed by atoms with Crippen LogP contribution in [-0.4, -0.2) is 35.3 Å². The Bertz CT molecular complexity index is 191. The molecule has 14 heavy (non-hydrogen) atoms. The van der Waals surface area contributed by atoms with Crippen LogP contribution in [0.25, 0.3) is 0 Å². The Hall–Kier alpha value is -0.180. The number of rotatable bonds is 1. The van der Waals surface area contributed by atoms with E-state index in [0.29, 0.717) is 5.92 Å².